The summed E-state index contributed by atoms with van der Waals surface area (Å²) in [7, 11) is 4.25. The fraction of sp³-hybridized carbons (Fsp3) is 0.462. The summed E-state index contributed by atoms with van der Waals surface area (Å²) >= 11 is 0. The summed E-state index contributed by atoms with van der Waals surface area (Å²) < 4.78 is 10.6. The number of nitrogens with zero attached hydrogens (tertiary/aromatic N) is 1. The third kappa shape index (κ3) is 3.46. The quantitative estimate of drug-likeness (QED) is 0.590. The maximum Gasteiger partial charge on any atom is 0.509 e. The van der Waals surface area contributed by atoms with Gasteiger partial charge < -0.3 is 14.0 Å². The van der Waals surface area contributed by atoms with Crippen LogP contribution in [0.15, 0.2) is 30.3 Å². The lowest BCUT2D eigenvalue weighted by Crippen LogP contribution is -2.45. The van der Waals surface area contributed by atoms with E-state index in [0.717, 1.165) is 17.6 Å². The van der Waals surface area contributed by atoms with E-state index in [0.29, 0.717) is 6.61 Å². The average Bonchev–Trinajstić information content (AvgIpc) is 2.63. The largest absolute Gasteiger partial charge is 0.509 e. The van der Waals surface area contributed by atoms with Gasteiger partial charge in [-0.25, -0.2) is 4.79 Å². The molecule has 1 saturated heterocycles. The third-order valence-corrected chi connectivity index (χ3v) is 2.80. The molecular weight excluding hydrogens is 218 g/mol. The van der Waals surface area contributed by atoms with Crippen LogP contribution >= 0.6 is 0 Å². The summed E-state index contributed by atoms with van der Waals surface area (Å²) in [6.07, 6.45) is -0.670. The Morgan fingerprint density at radius 2 is 2.00 bits per heavy atom. The Labute approximate surface area is 101 Å². The van der Waals surface area contributed by atoms with Gasteiger partial charge in [0.15, 0.2) is 6.10 Å². The molecule has 0 N–H and O–H groups in total. The number of rotatable bonds is 4. The lowest BCUT2D eigenvalue weighted by molar-refractivity contribution is -0.906. The molecule has 0 aliphatic carbocycles. The molecule has 0 amide bonds. The first-order chi connectivity index (χ1) is 8.05. The Balaban J connectivity index is 1.92. The molecule has 1 aliphatic heterocycles. The topological polar surface area (TPSA) is 35.5 Å². The lowest BCUT2D eigenvalue weighted by Gasteiger charge is -2.31. The Kier molecular flexibility index (Phi) is 3.33. The molecule has 0 spiro atoms. The van der Waals surface area contributed by atoms with Crippen molar-refractivity contribution in [3.8, 4) is 0 Å². The molecule has 4 nitrogen and oxygen atoms in total. The van der Waals surface area contributed by atoms with Gasteiger partial charge in [0, 0.05) is 5.56 Å². The van der Waals surface area contributed by atoms with Gasteiger partial charge >= 0.3 is 6.16 Å². The number of ether oxygens (including phenoxy) is 2. The molecule has 0 aromatic heterocycles. The molecule has 4 heteroatoms. The SMILES string of the molecule is C[N+](C)(Cc1ccccc1)CC1COC(=O)O1. The fourth-order valence-electron chi connectivity index (χ4n) is 2.15. The molecule has 0 bridgehead atoms. The van der Waals surface area contributed by atoms with Crippen molar-refractivity contribution in [2.75, 3.05) is 27.2 Å². The van der Waals surface area contributed by atoms with E-state index in [1.807, 2.05) is 18.2 Å². The van der Waals surface area contributed by atoms with Gasteiger partial charge in [0.05, 0.1) is 14.1 Å². The zero-order valence-electron chi connectivity index (χ0n) is 10.3. The van der Waals surface area contributed by atoms with Crippen LogP contribution in [-0.4, -0.2) is 44.0 Å². The summed E-state index contributed by atoms with van der Waals surface area (Å²) in [6.45, 7) is 2.05. The van der Waals surface area contributed by atoms with E-state index in [9.17, 15) is 4.79 Å². The van der Waals surface area contributed by atoms with E-state index in [1.165, 1.54) is 5.56 Å². The van der Waals surface area contributed by atoms with Crippen LogP contribution in [-0.2, 0) is 16.0 Å². The first-order valence-electron chi connectivity index (χ1n) is 5.74. The number of hydrogen-bond donors (Lipinski definition) is 0. The third-order valence-electron chi connectivity index (χ3n) is 2.80. The molecule has 1 aliphatic rings. The van der Waals surface area contributed by atoms with Crippen molar-refractivity contribution in [3.05, 3.63) is 35.9 Å². The van der Waals surface area contributed by atoms with Crippen molar-refractivity contribution >= 4 is 6.16 Å². The van der Waals surface area contributed by atoms with E-state index < -0.39 is 6.16 Å². The first-order valence-corrected chi connectivity index (χ1v) is 5.74. The lowest BCUT2D eigenvalue weighted by atomic mass is 10.2. The second kappa shape index (κ2) is 4.75. The van der Waals surface area contributed by atoms with Gasteiger partial charge in [-0.3, -0.25) is 0 Å². The normalized spacial score (nSPS) is 19.9. The van der Waals surface area contributed by atoms with Gasteiger partial charge in [0.25, 0.3) is 0 Å². The van der Waals surface area contributed by atoms with Crippen LogP contribution in [0, 0.1) is 0 Å². The van der Waals surface area contributed by atoms with Crippen LogP contribution in [0.2, 0.25) is 0 Å². The van der Waals surface area contributed by atoms with Gasteiger partial charge in [0.2, 0.25) is 0 Å². The molecule has 1 fully saturated rings. The monoisotopic (exact) mass is 236 g/mol. The maximum absolute atomic E-state index is 10.8. The Morgan fingerprint density at radius 3 is 2.59 bits per heavy atom. The van der Waals surface area contributed by atoms with Gasteiger partial charge in [0.1, 0.15) is 19.7 Å². The molecule has 0 radical (unpaired) electrons. The van der Waals surface area contributed by atoms with Crippen LogP contribution in [0.1, 0.15) is 5.56 Å². The van der Waals surface area contributed by atoms with E-state index in [4.69, 9.17) is 9.47 Å². The van der Waals surface area contributed by atoms with Crippen molar-refractivity contribution in [1.82, 2.24) is 0 Å². The fourth-order valence-corrected chi connectivity index (χ4v) is 2.15. The van der Waals surface area contributed by atoms with Gasteiger partial charge in [-0.05, 0) is 0 Å². The predicted molar refractivity (Wildman–Crippen MR) is 63.3 cm³/mol. The minimum Gasteiger partial charge on any atom is -0.430 e. The van der Waals surface area contributed by atoms with E-state index in [2.05, 4.69) is 26.2 Å². The van der Waals surface area contributed by atoms with E-state index in [1.54, 1.807) is 0 Å². The minimum atomic E-state index is -0.547. The summed E-state index contributed by atoms with van der Waals surface area (Å²) in [5, 5.41) is 0. The predicted octanol–water partition coefficient (Wildman–Crippen LogP) is 1.80. The Morgan fingerprint density at radius 1 is 1.29 bits per heavy atom. The highest BCUT2D eigenvalue weighted by Gasteiger charge is 2.31. The average molecular weight is 236 g/mol. The zero-order valence-corrected chi connectivity index (χ0v) is 10.3. The number of carbonyl (C=O) groups excluding carboxylic acids is 1. The minimum absolute atomic E-state index is 0.124. The molecule has 92 valence electrons. The van der Waals surface area contributed by atoms with Crippen LogP contribution in [0.4, 0.5) is 4.79 Å². The molecule has 1 aromatic rings. The summed E-state index contributed by atoms with van der Waals surface area (Å²) in [5.74, 6) is 0. The molecule has 1 unspecified atom stereocenters. The van der Waals surface area contributed by atoms with Gasteiger partial charge in [-0.15, -0.1) is 0 Å². The Hall–Kier alpha value is -1.55. The maximum atomic E-state index is 10.8. The van der Waals surface area contributed by atoms with Gasteiger partial charge in [-0.2, -0.15) is 0 Å². The number of likely N-dealkylation sites (N-methyl/N-ethyl adjacent to an activating group) is 1. The standard InChI is InChI=1S/C13H18NO3/c1-14(2,8-11-6-4-3-5-7-11)9-12-10-16-13(15)17-12/h3-7,12H,8-10H2,1-2H3/q+1. The number of hydrogen-bond acceptors (Lipinski definition) is 3. The molecule has 2 rings (SSSR count). The first kappa shape index (κ1) is 11.9. The zero-order chi connectivity index (χ0) is 12.3. The number of benzene rings is 1. The highest BCUT2D eigenvalue weighted by molar-refractivity contribution is 5.61. The molecule has 1 aromatic carbocycles. The molecule has 1 atom stereocenters. The summed E-state index contributed by atoms with van der Waals surface area (Å²) in [5.41, 5.74) is 1.28. The molecule has 1 heterocycles. The number of quaternary nitrogens is 1. The van der Waals surface area contributed by atoms with Crippen molar-refractivity contribution in [2.45, 2.75) is 12.6 Å². The van der Waals surface area contributed by atoms with E-state index in [-0.39, 0.29) is 6.10 Å². The van der Waals surface area contributed by atoms with Crippen LogP contribution < -0.4 is 0 Å². The highest BCUT2D eigenvalue weighted by Crippen LogP contribution is 2.14. The van der Waals surface area contributed by atoms with Crippen molar-refractivity contribution < 1.29 is 18.8 Å². The van der Waals surface area contributed by atoms with Crippen LogP contribution in [0.3, 0.4) is 0 Å². The Bertz CT molecular complexity index is 389. The van der Waals surface area contributed by atoms with Crippen molar-refractivity contribution in [1.29, 1.82) is 0 Å². The smallest absolute Gasteiger partial charge is 0.430 e. The summed E-state index contributed by atoms with van der Waals surface area (Å²) in [4.78, 5) is 10.8. The van der Waals surface area contributed by atoms with Gasteiger partial charge in [-0.1, -0.05) is 30.3 Å². The van der Waals surface area contributed by atoms with Crippen LogP contribution in [0.25, 0.3) is 0 Å². The summed E-state index contributed by atoms with van der Waals surface area (Å²) in [6, 6.07) is 10.3. The molecule has 0 saturated carbocycles. The highest BCUT2D eigenvalue weighted by atomic mass is 16.8. The number of cyclic esters (lactones) is 2. The second-order valence-electron chi connectivity index (χ2n) is 5.06. The van der Waals surface area contributed by atoms with Crippen LogP contribution in [0.5, 0.6) is 0 Å². The van der Waals surface area contributed by atoms with Crippen molar-refractivity contribution in [2.24, 2.45) is 0 Å². The molecule has 17 heavy (non-hydrogen) atoms. The van der Waals surface area contributed by atoms with E-state index >= 15 is 0 Å². The second-order valence-corrected chi connectivity index (χ2v) is 5.06. The molecular formula is C13H18NO3+. The number of carbonyl (C=O) groups is 1. The van der Waals surface area contributed by atoms with Crippen molar-refractivity contribution in [3.63, 3.8) is 0 Å².